The van der Waals surface area contributed by atoms with Gasteiger partial charge in [0.25, 0.3) is 0 Å². The summed E-state index contributed by atoms with van der Waals surface area (Å²) >= 11 is 7.63. The summed E-state index contributed by atoms with van der Waals surface area (Å²) < 4.78 is 0. The normalized spacial score (nSPS) is 14.5. The number of carbonyl (C=O) groups is 1. The van der Waals surface area contributed by atoms with Gasteiger partial charge in [-0.15, -0.1) is 0 Å². The van der Waals surface area contributed by atoms with Gasteiger partial charge in [-0.3, -0.25) is 4.79 Å². The number of hydrogen-bond acceptors (Lipinski definition) is 5. The third-order valence-corrected chi connectivity index (χ3v) is 6.31. The zero-order valence-electron chi connectivity index (χ0n) is 16.7. The molecule has 0 aliphatic carbocycles. The fourth-order valence-electron chi connectivity index (χ4n) is 3.56. The lowest BCUT2D eigenvalue weighted by Crippen LogP contribution is -2.38. The van der Waals surface area contributed by atoms with Crippen LogP contribution in [0.25, 0.3) is 0 Å². The van der Waals surface area contributed by atoms with Gasteiger partial charge in [-0.1, -0.05) is 47.1 Å². The average molecular weight is 439 g/mol. The molecule has 1 aromatic heterocycles. The lowest BCUT2D eigenvalue weighted by atomic mass is 9.96. The summed E-state index contributed by atoms with van der Waals surface area (Å²) in [6, 6.07) is 15.6. The van der Waals surface area contributed by atoms with E-state index in [1.165, 1.54) is 5.56 Å². The van der Waals surface area contributed by atoms with E-state index in [9.17, 15) is 4.79 Å². The van der Waals surface area contributed by atoms with Gasteiger partial charge >= 0.3 is 0 Å². The van der Waals surface area contributed by atoms with E-state index in [2.05, 4.69) is 51.4 Å². The van der Waals surface area contributed by atoms with Gasteiger partial charge in [-0.05, 0) is 50.1 Å². The molecule has 0 unspecified atom stereocenters. The Hall–Kier alpha value is -2.57. The second-order valence-electron chi connectivity index (χ2n) is 7.36. The van der Waals surface area contributed by atoms with Crippen LogP contribution in [0, 0.1) is 12.8 Å². The Morgan fingerprint density at radius 3 is 2.63 bits per heavy atom. The Morgan fingerprint density at radius 1 is 1.10 bits per heavy atom. The summed E-state index contributed by atoms with van der Waals surface area (Å²) in [5, 5.41) is 4.49. The van der Waals surface area contributed by atoms with Crippen molar-refractivity contribution in [2.75, 3.05) is 23.3 Å². The molecule has 30 heavy (non-hydrogen) atoms. The summed E-state index contributed by atoms with van der Waals surface area (Å²) in [7, 11) is 0. The first-order valence-corrected chi connectivity index (χ1v) is 11.1. The zero-order valence-corrected chi connectivity index (χ0v) is 18.3. The van der Waals surface area contributed by atoms with Crippen LogP contribution in [0.15, 0.2) is 70.8 Å². The first-order chi connectivity index (χ1) is 14.6. The van der Waals surface area contributed by atoms with Crippen molar-refractivity contribution in [3.8, 4) is 0 Å². The molecule has 4 rings (SSSR count). The molecule has 2 heterocycles. The van der Waals surface area contributed by atoms with Crippen LogP contribution in [-0.4, -0.2) is 29.0 Å². The molecule has 0 radical (unpaired) electrons. The molecule has 1 fully saturated rings. The van der Waals surface area contributed by atoms with Crippen molar-refractivity contribution >= 4 is 40.8 Å². The van der Waals surface area contributed by atoms with Crippen molar-refractivity contribution in [2.45, 2.75) is 29.7 Å². The van der Waals surface area contributed by atoms with Crippen LogP contribution in [0.4, 0.5) is 11.5 Å². The maximum absolute atomic E-state index is 12.7. The van der Waals surface area contributed by atoms with Crippen LogP contribution < -0.4 is 10.2 Å². The number of nitrogens with zero attached hydrogens (tertiary/aromatic N) is 3. The molecule has 7 heteroatoms. The molecule has 154 valence electrons. The summed E-state index contributed by atoms with van der Waals surface area (Å²) in [4.78, 5) is 25.2. The van der Waals surface area contributed by atoms with Crippen molar-refractivity contribution < 1.29 is 4.79 Å². The SMILES string of the molecule is Cc1cccc(Sc2nccnc2N2CCC(C(=O)Nc3cccc(Cl)c3)CC2)c1. The van der Waals surface area contributed by atoms with Crippen molar-refractivity contribution in [3.63, 3.8) is 0 Å². The molecule has 0 bridgehead atoms. The number of amides is 1. The number of nitrogens with one attached hydrogen (secondary N) is 1. The van der Waals surface area contributed by atoms with Gasteiger partial charge in [0.05, 0.1) is 0 Å². The molecule has 1 amide bonds. The minimum Gasteiger partial charge on any atom is -0.354 e. The quantitative estimate of drug-likeness (QED) is 0.574. The molecule has 2 aromatic carbocycles. The molecule has 0 atom stereocenters. The Morgan fingerprint density at radius 2 is 1.87 bits per heavy atom. The number of piperidine rings is 1. The van der Waals surface area contributed by atoms with Crippen molar-refractivity contribution in [3.05, 3.63) is 71.5 Å². The maximum atomic E-state index is 12.7. The molecule has 1 aliphatic rings. The highest BCUT2D eigenvalue weighted by Gasteiger charge is 2.27. The van der Waals surface area contributed by atoms with E-state index < -0.39 is 0 Å². The molecule has 1 aliphatic heterocycles. The van der Waals surface area contributed by atoms with E-state index in [1.807, 2.05) is 12.1 Å². The summed E-state index contributed by atoms with van der Waals surface area (Å²) in [5.74, 6) is 0.910. The van der Waals surface area contributed by atoms with Gasteiger partial charge in [-0.25, -0.2) is 9.97 Å². The minimum absolute atomic E-state index is 0.0234. The van der Waals surface area contributed by atoms with E-state index in [0.29, 0.717) is 5.02 Å². The van der Waals surface area contributed by atoms with E-state index in [-0.39, 0.29) is 11.8 Å². The Balaban J connectivity index is 1.40. The van der Waals surface area contributed by atoms with E-state index >= 15 is 0 Å². The molecule has 0 spiro atoms. The number of anilines is 2. The number of aryl methyl sites for hydroxylation is 1. The smallest absolute Gasteiger partial charge is 0.227 e. The molecule has 1 N–H and O–H groups in total. The first kappa shape index (κ1) is 20.7. The number of benzene rings is 2. The third kappa shape index (κ3) is 5.12. The minimum atomic E-state index is -0.0234. The fraction of sp³-hybridized carbons (Fsp3) is 0.261. The van der Waals surface area contributed by atoms with Crippen LogP contribution in [0.1, 0.15) is 18.4 Å². The topological polar surface area (TPSA) is 58.1 Å². The highest BCUT2D eigenvalue weighted by Crippen LogP contribution is 2.34. The lowest BCUT2D eigenvalue weighted by molar-refractivity contribution is -0.120. The van der Waals surface area contributed by atoms with Crippen molar-refractivity contribution in [1.82, 2.24) is 9.97 Å². The number of rotatable bonds is 5. The fourth-order valence-corrected chi connectivity index (χ4v) is 4.75. The van der Waals surface area contributed by atoms with E-state index in [0.717, 1.165) is 47.4 Å². The van der Waals surface area contributed by atoms with Gasteiger partial charge < -0.3 is 10.2 Å². The summed E-state index contributed by atoms with van der Waals surface area (Å²) in [6.07, 6.45) is 5.01. The van der Waals surface area contributed by atoms with Gasteiger partial charge in [0.1, 0.15) is 5.03 Å². The second-order valence-corrected chi connectivity index (χ2v) is 8.86. The molecular weight excluding hydrogens is 416 g/mol. The van der Waals surface area contributed by atoms with Crippen LogP contribution in [0.3, 0.4) is 0 Å². The number of aromatic nitrogens is 2. The van der Waals surface area contributed by atoms with E-state index in [1.54, 1.807) is 36.3 Å². The van der Waals surface area contributed by atoms with Gasteiger partial charge in [-0.2, -0.15) is 0 Å². The predicted molar refractivity (Wildman–Crippen MR) is 122 cm³/mol. The lowest BCUT2D eigenvalue weighted by Gasteiger charge is -2.32. The Bertz CT molecular complexity index is 1040. The molecule has 0 saturated carbocycles. The van der Waals surface area contributed by atoms with Crippen LogP contribution >= 0.6 is 23.4 Å². The predicted octanol–water partition coefficient (Wildman–Crippen LogP) is 5.44. The molecule has 5 nitrogen and oxygen atoms in total. The monoisotopic (exact) mass is 438 g/mol. The number of hydrogen-bond donors (Lipinski definition) is 1. The first-order valence-electron chi connectivity index (χ1n) is 9.95. The summed E-state index contributed by atoms with van der Waals surface area (Å²) in [6.45, 7) is 3.63. The maximum Gasteiger partial charge on any atom is 0.227 e. The summed E-state index contributed by atoms with van der Waals surface area (Å²) in [5.41, 5.74) is 1.96. The number of carbonyl (C=O) groups excluding carboxylic acids is 1. The van der Waals surface area contributed by atoms with Crippen molar-refractivity contribution in [2.24, 2.45) is 5.92 Å². The Labute approximate surface area is 185 Å². The van der Waals surface area contributed by atoms with E-state index in [4.69, 9.17) is 11.6 Å². The van der Waals surface area contributed by atoms with Gasteiger partial charge in [0.15, 0.2) is 5.82 Å². The third-order valence-electron chi connectivity index (χ3n) is 5.11. The highest BCUT2D eigenvalue weighted by atomic mass is 35.5. The van der Waals surface area contributed by atoms with Crippen LogP contribution in [0.5, 0.6) is 0 Å². The van der Waals surface area contributed by atoms with Crippen molar-refractivity contribution in [1.29, 1.82) is 0 Å². The zero-order chi connectivity index (χ0) is 20.9. The van der Waals surface area contributed by atoms with Crippen LogP contribution in [-0.2, 0) is 4.79 Å². The standard InChI is InChI=1S/C23H23ClN4OS/c1-16-4-2-7-20(14-16)30-23-21(25-10-11-26-23)28-12-8-17(9-13-28)22(29)27-19-6-3-5-18(24)15-19/h2-7,10-11,14-15,17H,8-9,12-13H2,1H3,(H,27,29). The molecule has 1 saturated heterocycles. The molecular formula is C23H23ClN4OS. The second kappa shape index (κ2) is 9.49. The number of halogens is 1. The van der Waals surface area contributed by atoms with Gasteiger partial charge in [0.2, 0.25) is 5.91 Å². The van der Waals surface area contributed by atoms with Crippen LogP contribution in [0.2, 0.25) is 5.02 Å². The van der Waals surface area contributed by atoms with Gasteiger partial charge in [0, 0.05) is 47.0 Å². The largest absolute Gasteiger partial charge is 0.354 e. The Kier molecular flexibility index (Phi) is 6.55. The highest BCUT2D eigenvalue weighted by molar-refractivity contribution is 7.99. The molecule has 3 aromatic rings. The average Bonchev–Trinajstić information content (AvgIpc) is 2.74.